The molecule has 0 aliphatic carbocycles. The third-order valence-corrected chi connectivity index (χ3v) is 2.43. The Morgan fingerprint density at radius 2 is 2.19 bits per heavy atom. The van der Waals surface area contributed by atoms with Crippen LogP contribution in [0.1, 0.15) is 6.92 Å². The molecule has 1 aliphatic heterocycles. The predicted octanol–water partition coefficient (Wildman–Crippen LogP) is 0.319. The van der Waals surface area contributed by atoms with Crippen LogP contribution < -0.4 is 16.0 Å². The minimum atomic E-state index is -0.612. The number of rotatable bonds is 1. The lowest BCUT2D eigenvalue weighted by molar-refractivity contribution is -0.122. The lowest BCUT2D eigenvalue weighted by Gasteiger charge is -2.30. The van der Waals surface area contributed by atoms with E-state index in [9.17, 15) is 9.59 Å². The fourth-order valence-corrected chi connectivity index (χ4v) is 1.68. The molecule has 0 saturated heterocycles. The molecule has 1 unspecified atom stereocenters. The van der Waals surface area contributed by atoms with Crippen molar-refractivity contribution < 1.29 is 9.59 Å². The molecule has 0 radical (unpaired) electrons. The summed E-state index contributed by atoms with van der Waals surface area (Å²) in [6.07, 6.45) is 0. The summed E-state index contributed by atoms with van der Waals surface area (Å²) in [5.41, 5.74) is 6.89. The number of hydrogen-bond donors (Lipinski definition) is 2. The SMILES string of the molecule is CC(N)C(=O)N1CC(=O)Nc2ccccc21. The Hall–Kier alpha value is -1.88. The molecule has 0 saturated carbocycles. The number of carbonyl (C=O) groups excluding carboxylic acids is 2. The van der Waals surface area contributed by atoms with Gasteiger partial charge >= 0.3 is 0 Å². The van der Waals surface area contributed by atoms with E-state index in [-0.39, 0.29) is 18.4 Å². The van der Waals surface area contributed by atoms with E-state index >= 15 is 0 Å². The topological polar surface area (TPSA) is 75.4 Å². The minimum Gasteiger partial charge on any atom is -0.323 e. The second kappa shape index (κ2) is 3.94. The normalized spacial score (nSPS) is 16.4. The molecular formula is C11H13N3O2. The molecule has 1 atom stereocenters. The Labute approximate surface area is 93.2 Å². The molecule has 1 aromatic rings. The van der Waals surface area contributed by atoms with Crippen molar-refractivity contribution in [3.63, 3.8) is 0 Å². The number of fused-ring (bicyclic) bond motifs is 1. The number of nitrogens with zero attached hydrogens (tertiary/aromatic N) is 1. The van der Waals surface area contributed by atoms with Crippen molar-refractivity contribution in [3.05, 3.63) is 24.3 Å². The molecule has 84 valence electrons. The van der Waals surface area contributed by atoms with Gasteiger partial charge in [-0.05, 0) is 19.1 Å². The third-order valence-electron chi connectivity index (χ3n) is 2.43. The largest absolute Gasteiger partial charge is 0.323 e. The van der Waals surface area contributed by atoms with Crippen LogP contribution in [-0.2, 0) is 9.59 Å². The Morgan fingerprint density at radius 3 is 2.88 bits per heavy atom. The Bertz CT molecular complexity index is 443. The number of nitrogens with two attached hydrogens (primary N) is 1. The maximum absolute atomic E-state index is 11.8. The van der Waals surface area contributed by atoms with E-state index in [1.807, 2.05) is 6.07 Å². The quantitative estimate of drug-likeness (QED) is 0.714. The van der Waals surface area contributed by atoms with Crippen LogP contribution in [0.2, 0.25) is 0 Å². The summed E-state index contributed by atoms with van der Waals surface area (Å²) in [5, 5.41) is 2.71. The van der Waals surface area contributed by atoms with Crippen molar-refractivity contribution in [2.75, 3.05) is 16.8 Å². The number of benzene rings is 1. The van der Waals surface area contributed by atoms with E-state index in [1.165, 1.54) is 4.90 Å². The van der Waals surface area contributed by atoms with Gasteiger partial charge in [-0.15, -0.1) is 0 Å². The predicted molar refractivity (Wildman–Crippen MR) is 61.1 cm³/mol. The third kappa shape index (κ3) is 1.77. The van der Waals surface area contributed by atoms with Gasteiger partial charge in [0.15, 0.2) is 0 Å². The van der Waals surface area contributed by atoms with Crippen LogP contribution in [0.3, 0.4) is 0 Å². The number of nitrogens with one attached hydrogen (secondary N) is 1. The molecule has 5 heteroatoms. The summed E-state index contributed by atoms with van der Waals surface area (Å²) in [6.45, 7) is 1.63. The number of amides is 2. The van der Waals surface area contributed by atoms with Gasteiger partial charge in [0, 0.05) is 0 Å². The summed E-state index contributed by atoms with van der Waals surface area (Å²) in [5.74, 6) is -0.449. The molecule has 0 fully saturated rings. The van der Waals surface area contributed by atoms with E-state index < -0.39 is 6.04 Å². The van der Waals surface area contributed by atoms with Crippen LogP contribution in [0.5, 0.6) is 0 Å². The summed E-state index contributed by atoms with van der Waals surface area (Å²) >= 11 is 0. The van der Waals surface area contributed by atoms with Gasteiger partial charge in [0.05, 0.1) is 17.4 Å². The second-order valence-corrected chi connectivity index (χ2v) is 3.78. The first kappa shape index (κ1) is 10.6. The standard InChI is InChI=1S/C11H13N3O2/c1-7(12)11(16)14-6-10(15)13-8-4-2-3-5-9(8)14/h2-5,7H,6,12H2,1H3,(H,13,15). The molecule has 0 spiro atoms. The van der Waals surface area contributed by atoms with Gasteiger partial charge in [0.1, 0.15) is 6.54 Å². The molecule has 0 aromatic heterocycles. The molecule has 1 aliphatic rings. The lowest BCUT2D eigenvalue weighted by Crippen LogP contribution is -2.48. The van der Waals surface area contributed by atoms with Crippen LogP contribution in [0, 0.1) is 0 Å². The molecule has 1 heterocycles. The van der Waals surface area contributed by atoms with Crippen molar-refractivity contribution >= 4 is 23.2 Å². The Kier molecular flexibility index (Phi) is 2.62. The van der Waals surface area contributed by atoms with Crippen LogP contribution in [0.4, 0.5) is 11.4 Å². The maximum Gasteiger partial charge on any atom is 0.244 e. The van der Waals surface area contributed by atoms with Gasteiger partial charge in [-0.2, -0.15) is 0 Å². The van der Waals surface area contributed by atoms with Gasteiger partial charge in [-0.1, -0.05) is 12.1 Å². The molecule has 16 heavy (non-hydrogen) atoms. The van der Waals surface area contributed by atoms with E-state index in [4.69, 9.17) is 5.73 Å². The number of hydrogen-bond acceptors (Lipinski definition) is 3. The van der Waals surface area contributed by atoms with Gasteiger partial charge in [-0.25, -0.2) is 0 Å². The van der Waals surface area contributed by atoms with Crippen LogP contribution in [-0.4, -0.2) is 24.4 Å². The highest BCUT2D eigenvalue weighted by atomic mass is 16.2. The van der Waals surface area contributed by atoms with Crippen molar-refractivity contribution in [1.82, 2.24) is 0 Å². The Morgan fingerprint density at radius 1 is 1.50 bits per heavy atom. The van der Waals surface area contributed by atoms with Crippen molar-refractivity contribution in [2.45, 2.75) is 13.0 Å². The Balaban J connectivity index is 2.41. The zero-order valence-corrected chi connectivity index (χ0v) is 8.93. The fourth-order valence-electron chi connectivity index (χ4n) is 1.68. The van der Waals surface area contributed by atoms with Crippen LogP contribution in [0.15, 0.2) is 24.3 Å². The average Bonchev–Trinajstić information content (AvgIpc) is 2.26. The minimum absolute atomic E-state index is 0.0252. The van der Waals surface area contributed by atoms with Crippen molar-refractivity contribution in [3.8, 4) is 0 Å². The molecule has 0 bridgehead atoms. The van der Waals surface area contributed by atoms with Crippen LogP contribution >= 0.6 is 0 Å². The first-order valence-electron chi connectivity index (χ1n) is 5.05. The van der Waals surface area contributed by atoms with E-state index in [2.05, 4.69) is 5.32 Å². The highest BCUT2D eigenvalue weighted by Gasteiger charge is 2.27. The highest BCUT2D eigenvalue weighted by Crippen LogP contribution is 2.28. The first-order chi connectivity index (χ1) is 7.59. The van der Waals surface area contributed by atoms with Gasteiger partial charge in [-0.3, -0.25) is 14.5 Å². The molecule has 2 amide bonds. The maximum atomic E-state index is 11.8. The fraction of sp³-hybridized carbons (Fsp3) is 0.273. The molecule has 1 aromatic carbocycles. The highest BCUT2D eigenvalue weighted by molar-refractivity contribution is 6.10. The molecule has 3 N–H and O–H groups in total. The molecule has 2 rings (SSSR count). The van der Waals surface area contributed by atoms with Crippen LogP contribution in [0.25, 0.3) is 0 Å². The summed E-state index contributed by atoms with van der Waals surface area (Å²) in [4.78, 5) is 24.7. The van der Waals surface area contributed by atoms with Crippen molar-refractivity contribution in [1.29, 1.82) is 0 Å². The number of carbonyl (C=O) groups is 2. The lowest BCUT2D eigenvalue weighted by atomic mass is 10.1. The smallest absolute Gasteiger partial charge is 0.244 e. The summed E-state index contributed by atoms with van der Waals surface area (Å²) < 4.78 is 0. The van der Waals surface area contributed by atoms with E-state index in [1.54, 1.807) is 25.1 Å². The van der Waals surface area contributed by atoms with E-state index in [0.29, 0.717) is 11.4 Å². The van der Waals surface area contributed by atoms with Gasteiger partial charge in [0.2, 0.25) is 11.8 Å². The first-order valence-corrected chi connectivity index (χ1v) is 5.05. The number of para-hydroxylation sites is 2. The monoisotopic (exact) mass is 219 g/mol. The average molecular weight is 219 g/mol. The molecule has 5 nitrogen and oxygen atoms in total. The zero-order valence-electron chi connectivity index (χ0n) is 8.93. The number of anilines is 2. The zero-order chi connectivity index (χ0) is 11.7. The van der Waals surface area contributed by atoms with Gasteiger partial charge < -0.3 is 11.1 Å². The summed E-state index contributed by atoms with van der Waals surface area (Å²) in [6, 6.07) is 6.55. The summed E-state index contributed by atoms with van der Waals surface area (Å²) in [7, 11) is 0. The van der Waals surface area contributed by atoms with E-state index in [0.717, 1.165) is 0 Å². The second-order valence-electron chi connectivity index (χ2n) is 3.78. The van der Waals surface area contributed by atoms with Crippen molar-refractivity contribution in [2.24, 2.45) is 5.73 Å². The van der Waals surface area contributed by atoms with Gasteiger partial charge in [0.25, 0.3) is 0 Å². The molecular weight excluding hydrogens is 206 g/mol.